The van der Waals surface area contributed by atoms with Gasteiger partial charge in [0, 0.05) is 23.1 Å². The van der Waals surface area contributed by atoms with Crippen LogP contribution in [0.25, 0.3) is 0 Å². The Bertz CT molecular complexity index is 902. The molecule has 1 heterocycles. The lowest BCUT2D eigenvalue weighted by Crippen LogP contribution is -2.38. The fraction of sp³-hybridized carbons (Fsp3) is 0.450. The molecule has 27 heavy (non-hydrogen) atoms. The maximum atomic E-state index is 13.1. The third kappa shape index (κ3) is 3.02. The number of hydrogen-bond donors (Lipinski definition) is 3. The number of ketones is 2. The number of phenolic OH excluding ortho intramolecular Hbond substituents is 2. The fourth-order valence-corrected chi connectivity index (χ4v) is 3.81. The Kier molecular flexibility index (Phi) is 4.38. The fourth-order valence-electron chi connectivity index (χ4n) is 3.81. The van der Waals surface area contributed by atoms with Crippen molar-refractivity contribution in [1.82, 2.24) is 0 Å². The van der Waals surface area contributed by atoms with Gasteiger partial charge in [0.25, 0.3) is 0 Å². The molecule has 0 spiro atoms. The second-order valence-corrected chi connectivity index (χ2v) is 8.04. The molecule has 0 amide bonds. The van der Waals surface area contributed by atoms with Crippen LogP contribution in [0.4, 0.5) is 0 Å². The first kappa shape index (κ1) is 19.1. The zero-order valence-electron chi connectivity index (χ0n) is 15.6. The van der Waals surface area contributed by atoms with Crippen LogP contribution >= 0.6 is 0 Å². The lowest BCUT2D eigenvalue weighted by molar-refractivity contribution is -0.141. The van der Waals surface area contributed by atoms with E-state index in [1.54, 1.807) is 6.92 Å². The van der Waals surface area contributed by atoms with E-state index in [0.29, 0.717) is 5.56 Å². The lowest BCUT2D eigenvalue weighted by Gasteiger charge is -2.34. The summed E-state index contributed by atoms with van der Waals surface area (Å²) in [4.78, 5) is 37.1. The van der Waals surface area contributed by atoms with Crippen molar-refractivity contribution in [3.8, 4) is 11.5 Å². The van der Waals surface area contributed by atoms with Crippen molar-refractivity contribution in [2.24, 2.45) is 0 Å². The average molecular weight is 374 g/mol. The van der Waals surface area contributed by atoms with Gasteiger partial charge in [0.1, 0.15) is 11.5 Å². The number of ether oxygens (including phenoxy) is 1. The first-order valence-corrected chi connectivity index (χ1v) is 8.72. The van der Waals surface area contributed by atoms with Gasteiger partial charge < -0.3 is 20.1 Å². The van der Waals surface area contributed by atoms with E-state index in [1.165, 1.54) is 6.07 Å². The van der Waals surface area contributed by atoms with Crippen LogP contribution in [0.3, 0.4) is 0 Å². The van der Waals surface area contributed by atoms with Gasteiger partial charge in [-0.2, -0.15) is 0 Å². The van der Waals surface area contributed by atoms with E-state index < -0.39 is 35.2 Å². The highest BCUT2D eigenvalue weighted by molar-refractivity contribution is 6.29. The molecule has 1 aliphatic carbocycles. The van der Waals surface area contributed by atoms with Crippen molar-refractivity contribution < 1.29 is 34.4 Å². The van der Waals surface area contributed by atoms with Gasteiger partial charge in [-0.25, -0.2) is 0 Å². The molecule has 0 radical (unpaired) electrons. The summed E-state index contributed by atoms with van der Waals surface area (Å²) in [5.74, 6) is -2.90. The number of rotatable bonds is 2. The minimum absolute atomic E-state index is 0.0305. The Morgan fingerprint density at radius 1 is 1.19 bits per heavy atom. The van der Waals surface area contributed by atoms with Gasteiger partial charge in [0.2, 0.25) is 0 Å². The highest BCUT2D eigenvalue weighted by Crippen LogP contribution is 2.46. The van der Waals surface area contributed by atoms with E-state index >= 15 is 0 Å². The van der Waals surface area contributed by atoms with E-state index in [4.69, 9.17) is 9.84 Å². The number of carbonyl (C=O) groups excluding carboxylic acids is 2. The minimum atomic E-state index is -1.07. The molecule has 0 unspecified atom stereocenters. The molecule has 1 aromatic carbocycles. The number of carboxylic acids is 1. The summed E-state index contributed by atoms with van der Waals surface area (Å²) in [7, 11) is 0. The van der Waals surface area contributed by atoms with Crippen molar-refractivity contribution in [2.45, 2.75) is 58.2 Å². The molecule has 144 valence electrons. The van der Waals surface area contributed by atoms with Gasteiger partial charge >= 0.3 is 5.97 Å². The number of carbonyl (C=O) groups is 3. The predicted octanol–water partition coefficient (Wildman–Crippen LogP) is 2.72. The molecule has 0 saturated heterocycles. The highest BCUT2D eigenvalue weighted by atomic mass is 16.5. The molecular formula is C20H22O7. The Balaban J connectivity index is 2.18. The van der Waals surface area contributed by atoms with Crippen LogP contribution in [0.1, 0.15) is 66.8 Å². The minimum Gasteiger partial charge on any atom is -0.507 e. The van der Waals surface area contributed by atoms with Gasteiger partial charge in [-0.05, 0) is 18.4 Å². The van der Waals surface area contributed by atoms with Gasteiger partial charge in [-0.15, -0.1) is 0 Å². The Morgan fingerprint density at radius 3 is 2.37 bits per heavy atom. The van der Waals surface area contributed by atoms with Crippen LogP contribution in [0.15, 0.2) is 17.2 Å². The van der Waals surface area contributed by atoms with E-state index in [0.717, 1.165) is 0 Å². The molecule has 3 rings (SSSR count). The Labute approximate surface area is 156 Å². The second-order valence-electron chi connectivity index (χ2n) is 8.04. The smallest absolute Gasteiger partial charge is 0.305 e. The summed E-state index contributed by atoms with van der Waals surface area (Å²) < 4.78 is 5.61. The van der Waals surface area contributed by atoms with Crippen LogP contribution in [0.5, 0.6) is 11.5 Å². The van der Waals surface area contributed by atoms with Crippen molar-refractivity contribution in [1.29, 1.82) is 0 Å². The Hall–Kier alpha value is -2.67. The summed E-state index contributed by atoms with van der Waals surface area (Å²) in [5.41, 5.74) is -0.374. The van der Waals surface area contributed by atoms with Crippen molar-refractivity contribution >= 4 is 17.5 Å². The summed E-state index contributed by atoms with van der Waals surface area (Å²) in [6.45, 7) is 7.02. The van der Waals surface area contributed by atoms with E-state index in [2.05, 4.69) is 0 Å². The number of Topliss-reactive ketones (excluding diaryl/α,β-unsaturated/α-hetero) is 2. The largest absolute Gasteiger partial charge is 0.507 e. The molecular weight excluding hydrogens is 352 g/mol. The molecule has 1 aromatic rings. The van der Waals surface area contributed by atoms with Gasteiger partial charge in [-0.1, -0.05) is 20.8 Å². The van der Waals surface area contributed by atoms with Gasteiger partial charge in [0.05, 0.1) is 29.8 Å². The number of aromatic hydroxyl groups is 2. The van der Waals surface area contributed by atoms with Crippen molar-refractivity contribution in [3.63, 3.8) is 0 Å². The molecule has 3 N–H and O–H groups in total. The predicted molar refractivity (Wildman–Crippen MR) is 95.4 cm³/mol. The topological polar surface area (TPSA) is 121 Å². The molecule has 2 aliphatic rings. The molecule has 7 nitrogen and oxygen atoms in total. The summed E-state index contributed by atoms with van der Waals surface area (Å²) in [6.07, 6.45) is -1.85. The summed E-state index contributed by atoms with van der Waals surface area (Å²) in [6, 6.07) is 1.31. The lowest BCUT2D eigenvalue weighted by atomic mass is 9.75. The number of hydrogen-bond acceptors (Lipinski definition) is 6. The average Bonchev–Trinajstić information content (AvgIpc) is 2.52. The third-order valence-electron chi connectivity index (χ3n) is 5.02. The number of aliphatic carboxylic acids is 1. The van der Waals surface area contributed by atoms with Crippen LogP contribution in [0, 0.1) is 0 Å². The first-order valence-electron chi connectivity index (χ1n) is 8.72. The van der Waals surface area contributed by atoms with E-state index in [-0.39, 0.29) is 46.6 Å². The highest BCUT2D eigenvalue weighted by Gasteiger charge is 2.44. The number of phenols is 2. The molecule has 7 heteroatoms. The van der Waals surface area contributed by atoms with Crippen LogP contribution < -0.4 is 0 Å². The molecule has 0 fully saturated rings. The maximum Gasteiger partial charge on any atom is 0.305 e. The molecule has 2 atom stereocenters. The zero-order chi connectivity index (χ0) is 20.3. The summed E-state index contributed by atoms with van der Waals surface area (Å²) >= 11 is 0. The monoisotopic (exact) mass is 374 g/mol. The second kappa shape index (κ2) is 6.20. The van der Waals surface area contributed by atoms with Crippen LogP contribution in [-0.2, 0) is 14.9 Å². The molecule has 0 bridgehead atoms. The molecule has 0 saturated carbocycles. The molecule has 1 aliphatic heterocycles. The number of carboxylic acid groups (broad SMARTS) is 1. The first-order chi connectivity index (χ1) is 12.4. The SMILES string of the molecule is C[C@H]1O[C@H](CC(=O)O)CC2=C1C(=O)c1c(O)c(C(C)(C)C)cc(O)c1C2=O. The summed E-state index contributed by atoms with van der Waals surface area (Å²) in [5, 5.41) is 30.1. The van der Waals surface area contributed by atoms with E-state index in [1.807, 2.05) is 20.8 Å². The standard InChI is InChI=1S/C20H22O7/c1-8-14-10(5-9(27-8)6-13(22)23)17(24)15-12(21)7-11(20(2,3)4)18(25)16(15)19(14)26/h7-9,21,25H,5-6H2,1-4H3,(H,22,23)/t8-,9+/m1/s1. The molecule has 0 aromatic heterocycles. The quantitative estimate of drug-likeness (QED) is 0.681. The number of benzene rings is 1. The van der Waals surface area contributed by atoms with Crippen LogP contribution in [-0.4, -0.2) is 45.1 Å². The Morgan fingerprint density at radius 2 is 1.81 bits per heavy atom. The zero-order valence-corrected chi connectivity index (χ0v) is 15.6. The maximum absolute atomic E-state index is 13.1. The van der Waals surface area contributed by atoms with E-state index in [9.17, 15) is 24.6 Å². The van der Waals surface area contributed by atoms with Gasteiger partial charge in [-0.3, -0.25) is 14.4 Å². The van der Waals surface area contributed by atoms with Crippen molar-refractivity contribution in [2.75, 3.05) is 0 Å². The third-order valence-corrected chi connectivity index (χ3v) is 5.02. The normalized spacial score (nSPS) is 22.5. The van der Waals surface area contributed by atoms with Crippen LogP contribution in [0.2, 0.25) is 0 Å². The van der Waals surface area contributed by atoms with Gasteiger partial charge in [0.15, 0.2) is 11.6 Å². The van der Waals surface area contributed by atoms with Crippen molar-refractivity contribution in [3.05, 3.63) is 33.9 Å². The number of fused-ring (bicyclic) bond motifs is 1.